The summed E-state index contributed by atoms with van der Waals surface area (Å²) in [5.74, 6) is -0.706. The van der Waals surface area contributed by atoms with E-state index in [0.29, 0.717) is 0 Å². The third kappa shape index (κ3) is 7.38. The summed E-state index contributed by atoms with van der Waals surface area (Å²) in [4.78, 5) is 31.1. The maximum absolute atomic E-state index is 13.3. The summed E-state index contributed by atoms with van der Waals surface area (Å²) in [6.45, 7) is 25.9. The van der Waals surface area contributed by atoms with Crippen LogP contribution in [0.1, 0.15) is 126 Å². The van der Waals surface area contributed by atoms with E-state index in [9.17, 15) is 9.59 Å². The molecule has 2 amide bonds. The number of carbonyl (C=O) groups is 2. The molecule has 0 aliphatic rings. The van der Waals surface area contributed by atoms with E-state index in [1.807, 2.05) is 12.1 Å². The number of anilines is 2. The topological polar surface area (TPSA) is 71.1 Å². The summed E-state index contributed by atoms with van der Waals surface area (Å²) in [6, 6.07) is 17.3. The van der Waals surface area contributed by atoms with Crippen LogP contribution in [0, 0.1) is 0 Å². The minimum absolute atomic E-state index is 0.00823. The lowest BCUT2D eigenvalue weighted by Crippen LogP contribution is -2.23. The van der Waals surface area contributed by atoms with Gasteiger partial charge in [-0.2, -0.15) is 0 Å². The van der Waals surface area contributed by atoms with Crippen LogP contribution >= 0.6 is 0 Å². The minimum Gasteiger partial charge on any atom is -0.320 e. The smallest absolute Gasteiger partial charge is 0.274 e. The van der Waals surface area contributed by atoms with Gasteiger partial charge in [0.15, 0.2) is 0 Å². The maximum Gasteiger partial charge on any atom is 0.274 e. The monoisotopic (exact) mass is 541 g/mol. The zero-order valence-electron chi connectivity index (χ0n) is 26.5. The van der Waals surface area contributed by atoms with Gasteiger partial charge in [0.1, 0.15) is 11.4 Å². The number of nitrogens with one attached hydrogen (secondary N) is 2. The van der Waals surface area contributed by atoms with Crippen LogP contribution in [0.3, 0.4) is 0 Å². The molecule has 0 aliphatic heterocycles. The van der Waals surface area contributed by atoms with Gasteiger partial charge in [-0.1, -0.05) is 113 Å². The Morgan fingerprint density at radius 1 is 0.525 bits per heavy atom. The summed E-state index contributed by atoms with van der Waals surface area (Å²) in [6.07, 6.45) is 0. The van der Waals surface area contributed by atoms with Gasteiger partial charge in [-0.3, -0.25) is 9.59 Å². The number of pyridine rings is 1. The van der Waals surface area contributed by atoms with E-state index in [0.717, 1.165) is 22.5 Å². The third-order valence-corrected chi connectivity index (χ3v) is 7.10. The van der Waals surface area contributed by atoms with Crippen molar-refractivity contribution in [2.24, 2.45) is 0 Å². The van der Waals surface area contributed by atoms with Crippen LogP contribution in [-0.2, 0) is 21.7 Å². The lowest BCUT2D eigenvalue weighted by molar-refractivity contribution is 0.101. The Kier molecular flexibility index (Phi) is 8.41. The number of amides is 2. The molecule has 3 rings (SSSR count). The number of benzene rings is 2. The Labute approximate surface area is 241 Å². The van der Waals surface area contributed by atoms with E-state index >= 15 is 0 Å². The van der Waals surface area contributed by atoms with Crippen molar-refractivity contribution >= 4 is 23.2 Å². The highest BCUT2D eigenvalue weighted by Gasteiger charge is 2.25. The minimum atomic E-state index is -0.353. The first kappa shape index (κ1) is 31.1. The molecule has 5 heteroatoms. The summed E-state index contributed by atoms with van der Waals surface area (Å²) in [5, 5.41) is 6.09. The van der Waals surface area contributed by atoms with Gasteiger partial charge in [0.2, 0.25) is 0 Å². The van der Waals surface area contributed by atoms with Crippen molar-refractivity contribution in [3.05, 3.63) is 88.2 Å². The molecule has 0 atom stereocenters. The summed E-state index contributed by atoms with van der Waals surface area (Å²) in [7, 11) is 0. The molecule has 2 N–H and O–H groups in total. The highest BCUT2D eigenvalue weighted by Crippen LogP contribution is 2.35. The average molecular weight is 542 g/mol. The Hall–Kier alpha value is -3.47. The van der Waals surface area contributed by atoms with E-state index in [1.165, 1.54) is 11.1 Å². The zero-order valence-corrected chi connectivity index (χ0v) is 26.5. The average Bonchev–Trinajstić information content (AvgIpc) is 2.81. The van der Waals surface area contributed by atoms with E-state index in [2.05, 4.69) is 123 Å². The Morgan fingerprint density at radius 3 is 1.18 bits per heavy atom. The largest absolute Gasteiger partial charge is 0.320 e. The number of carbonyl (C=O) groups excluding carboxylic acids is 2. The van der Waals surface area contributed by atoms with Gasteiger partial charge in [-0.05, 0) is 68.2 Å². The molecule has 2 aromatic carbocycles. The molecule has 0 saturated carbocycles. The fourth-order valence-electron chi connectivity index (χ4n) is 4.54. The molecule has 0 bridgehead atoms. The molecule has 0 unspecified atom stereocenters. The lowest BCUT2D eigenvalue weighted by Gasteiger charge is -2.27. The third-order valence-electron chi connectivity index (χ3n) is 7.10. The molecule has 0 spiro atoms. The highest BCUT2D eigenvalue weighted by atomic mass is 16.2. The van der Waals surface area contributed by atoms with Gasteiger partial charge in [-0.15, -0.1) is 0 Å². The van der Waals surface area contributed by atoms with Gasteiger partial charge in [0.25, 0.3) is 11.8 Å². The summed E-state index contributed by atoms with van der Waals surface area (Å²) in [5.41, 5.74) is 6.02. The normalized spacial score (nSPS) is 12.7. The summed E-state index contributed by atoms with van der Waals surface area (Å²) >= 11 is 0. The Bertz CT molecular complexity index is 1300. The molecule has 0 fully saturated rings. The van der Waals surface area contributed by atoms with E-state index in [1.54, 1.807) is 18.2 Å². The second-order valence-electron chi connectivity index (χ2n) is 14.8. The number of rotatable bonds is 4. The molecule has 5 nitrogen and oxygen atoms in total. The summed E-state index contributed by atoms with van der Waals surface area (Å²) < 4.78 is 0. The van der Waals surface area contributed by atoms with Crippen LogP contribution in [0.25, 0.3) is 0 Å². The fourth-order valence-corrected chi connectivity index (χ4v) is 4.54. The molecular formula is C35H47N3O2. The quantitative estimate of drug-likeness (QED) is 0.347. The van der Waals surface area contributed by atoms with Crippen LogP contribution in [0.15, 0.2) is 54.6 Å². The van der Waals surface area contributed by atoms with E-state index in [-0.39, 0.29) is 44.9 Å². The molecule has 40 heavy (non-hydrogen) atoms. The van der Waals surface area contributed by atoms with Gasteiger partial charge < -0.3 is 10.6 Å². The molecule has 0 radical (unpaired) electrons. The number of hydrogen-bond acceptors (Lipinski definition) is 3. The van der Waals surface area contributed by atoms with Crippen LogP contribution in [0.2, 0.25) is 0 Å². The van der Waals surface area contributed by atoms with Crippen LogP contribution in [0.4, 0.5) is 11.4 Å². The first-order valence-corrected chi connectivity index (χ1v) is 14.1. The molecule has 0 aliphatic carbocycles. The Morgan fingerprint density at radius 2 is 0.875 bits per heavy atom. The first-order chi connectivity index (χ1) is 18.2. The van der Waals surface area contributed by atoms with Gasteiger partial charge in [-0.25, -0.2) is 4.98 Å². The number of aromatic nitrogens is 1. The van der Waals surface area contributed by atoms with Crippen molar-refractivity contribution in [1.82, 2.24) is 4.98 Å². The van der Waals surface area contributed by atoms with Crippen molar-refractivity contribution < 1.29 is 9.59 Å². The van der Waals surface area contributed by atoms with Crippen molar-refractivity contribution in [3.63, 3.8) is 0 Å². The second kappa shape index (κ2) is 10.8. The van der Waals surface area contributed by atoms with Crippen LogP contribution < -0.4 is 10.6 Å². The van der Waals surface area contributed by atoms with E-state index in [4.69, 9.17) is 0 Å². The van der Waals surface area contributed by atoms with Crippen molar-refractivity contribution in [2.45, 2.75) is 105 Å². The number of hydrogen-bond donors (Lipinski definition) is 2. The van der Waals surface area contributed by atoms with Gasteiger partial charge >= 0.3 is 0 Å². The second-order valence-corrected chi connectivity index (χ2v) is 14.8. The fraction of sp³-hybridized carbons (Fsp3) is 0.457. The highest BCUT2D eigenvalue weighted by molar-refractivity contribution is 6.06. The molecule has 3 aromatic rings. The SMILES string of the molecule is CC(C)(C)c1ccc(NC(=O)c2cccc(C(=O)Nc3ccc(C(C)(C)C)cc3C(C)(C)C)n2)c(C(C)(C)C)c1. The molecule has 1 heterocycles. The Balaban J connectivity index is 1.89. The predicted octanol–water partition coefficient (Wildman–Crippen LogP) is 8.78. The molecular weight excluding hydrogens is 494 g/mol. The molecule has 214 valence electrons. The molecule has 0 saturated heterocycles. The predicted molar refractivity (Wildman–Crippen MR) is 168 cm³/mol. The molecule has 1 aromatic heterocycles. The number of nitrogens with zero attached hydrogens (tertiary/aromatic N) is 1. The van der Waals surface area contributed by atoms with E-state index < -0.39 is 0 Å². The van der Waals surface area contributed by atoms with Crippen LogP contribution in [-0.4, -0.2) is 16.8 Å². The van der Waals surface area contributed by atoms with Crippen molar-refractivity contribution in [2.75, 3.05) is 10.6 Å². The van der Waals surface area contributed by atoms with Crippen molar-refractivity contribution in [1.29, 1.82) is 0 Å². The van der Waals surface area contributed by atoms with Crippen molar-refractivity contribution in [3.8, 4) is 0 Å². The lowest BCUT2D eigenvalue weighted by atomic mass is 9.80. The van der Waals surface area contributed by atoms with Crippen LogP contribution in [0.5, 0.6) is 0 Å². The van der Waals surface area contributed by atoms with Gasteiger partial charge in [0, 0.05) is 11.4 Å². The zero-order chi connectivity index (χ0) is 30.3. The first-order valence-electron chi connectivity index (χ1n) is 14.1. The maximum atomic E-state index is 13.3. The standard InChI is InChI=1S/C35H47N3O2/c1-32(2,3)22-16-18-26(24(20-22)34(7,8)9)37-30(39)28-14-13-15-29(36-28)31(40)38-27-19-17-23(33(4,5)6)21-25(27)35(10,11)12/h13-21H,1-12H3,(H,37,39)(H,38,40). The van der Waals surface area contributed by atoms with Gasteiger partial charge in [0.05, 0.1) is 0 Å².